The van der Waals surface area contributed by atoms with Crippen LogP contribution in [0.3, 0.4) is 0 Å². The summed E-state index contributed by atoms with van der Waals surface area (Å²) in [5.74, 6) is 0. The first-order valence-corrected chi connectivity index (χ1v) is 8.72. The van der Waals surface area contributed by atoms with Gasteiger partial charge in [-0.15, -0.1) is 5.10 Å². The van der Waals surface area contributed by atoms with E-state index in [0.717, 1.165) is 39.3 Å². The Balaban J connectivity index is 1.50. The molecule has 1 N–H and O–H groups in total. The Hall–Kier alpha value is -2.44. The van der Waals surface area contributed by atoms with Crippen molar-refractivity contribution in [3.8, 4) is 11.3 Å². The standard InChI is InChI=1S/C17H14ClN5S/c18-14-3-1-13(2-4-14)15-11-21-17-23(15)22-16(24-17)20-10-7-12-5-8-19-9-6-12/h1-6,8-9,11H,7,10H2,(H,20,22). The largest absolute Gasteiger partial charge is 0.360 e. The highest BCUT2D eigenvalue weighted by molar-refractivity contribution is 7.20. The molecule has 7 heteroatoms. The van der Waals surface area contributed by atoms with Crippen molar-refractivity contribution in [2.45, 2.75) is 6.42 Å². The summed E-state index contributed by atoms with van der Waals surface area (Å²) in [4.78, 5) is 9.34. The van der Waals surface area contributed by atoms with E-state index in [-0.39, 0.29) is 0 Å². The van der Waals surface area contributed by atoms with Gasteiger partial charge in [-0.2, -0.15) is 0 Å². The highest BCUT2D eigenvalue weighted by Crippen LogP contribution is 2.26. The predicted octanol–water partition coefficient (Wildman–Crippen LogP) is 4.16. The molecule has 0 bridgehead atoms. The van der Waals surface area contributed by atoms with E-state index in [9.17, 15) is 0 Å². The molecule has 0 radical (unpaired) electrons. The summed E-state index contributed by atoms with van der Waals surface area (Å²) in [6.45, 7) is 0.816. The smallest absolute Gasteiger partial charge is 0.214 e. The van der Waals surface area contributed by atoms with Gasteiger partial charge in [0, 0.05) is 29.5 Å². The molecular formula is C17H14ClN5S. The van der Waals surface area contributed by atoms with Crippen molar-refractivity contribution in [3.63, 3.8) is 0 Å². The van der Waals surface area contributed by atoms with Crippen molar-refractivity contribution >= 4 is 33.0 Å². The molecular weight excluding hydrogens is 342 g/mol. The van der Waals surface area contributed by atoms with Crippen LogP contribution in [0, 0.1) is 0 Å². The van der Waals surface area contributed by atoms with Gasteiger partial charge < -0.3 is 5.32 Å². The fraction of sp³-hybridized carbons (Fsp3) is 0.118. The summed E-state index contributed by atoms with van der Waals surface area (Å²) in [6.07, 6.45) is 6.38. The number of imidazole rings is 1. The zero-order valence-electron chi connectivity index (χ0n) is 12.7. The molecule has 0 spiro atoms. The van der Waals surface area contributed by atoms with Crippen molar-refractivity contribution in [2.24, 2.45) is 0 Å². The number of benzene rings is 1. The molecule has 4 rings (SSSR count). The second kappa shape index (κ2) is 6.59. The minimum absolute atomic E-state index is 0.719. The maximum Gasteiger partial charge on any atom is 0.214 e. The van der Waals surface area contributed by atoms with Crippen molar-refractivity contribution in [2.75, 3.05) is 11.9 Å². The molecule has 3 heterocycles. The van der Waals surface area contributed by atoms with Gasteiger partial charge >= 0.3 is 0 Å². The van der Waals surface area contributed by atoms with Crippen molar-refractivity contribution in [1.29, 1.82) is 0 Å². The van der Waals surface area contributed by atoms with E-state index >= 15 is 0 Å². The fourth-order valence-corrected chi connectivity index (χ4v) is 3.37. The summed E-state index contributed by atoms with van der Waals surface area (Å²) in [5, 5.41) is 9.56. The highest BCUT2D eigenvalue weighted by Gasteiger charge is 2.11. The van der Waals surface area contributed by atoms with Crippen LogP contribution >= 0.6 is 22.9 Å². The van der Waals surface area contributed by atoms with Crippen LogP contribution in [-0.2, 0) is 6.42 Å². The molecule has 0 aliphatic heterocycles. The number of hydrogen-bond acceptors (Lipinski definition) is 5. The molecule has 0 aliphatic carbocycles. The van der Waals surface area contributed by atoms with Crippen LogP contribution in [0.5, 0.6) is 0 Å². The molecule has 4 aromatic rings. The van der Waals surface area contributed by atoms with Gasteiger partial charge in [0.25, 0.3) is 0 Å². The third kappa shape index (κ3) is 3.11. The fourth-order valence-electron chi connectivity index (χ4n) is 2.44. The topological polar surface area (TPSA) is 55.1 Å². The maximum absolute atomic E-state index is 5.95. The zero-order valence-corrected chi connectivity index (χ0v) is 14.3. The number of aromatic nitrogens is 4. The van der Waals surface area contributed by atoms with E-state index in [1.165, 1.54) is 5.56 Å². The van der Waals surface area contributed by atoms with Crippen LogP contribution in [0.2, 0.25) is 5.02 Å². The minimum Gasteiger partial charge on any atom is -0.360 e. The van der Waals surface area contributed by atoms with E-state index in [2.05, 4.69) is 20.4 Å². The van der Waals surface area contributed by atoms with Gasteiger partial charge in [0.05, 0.1) is 11.9 Å². The van der Waals surface area contributed by atoms with Gasteiger partial charge in [-0.05, 0) is 36.2 Å². The van der Waals surface area contributed by atoms with E-state index in [1.54, 1.807) is 11.3 Å². The Labute approximate surface area is 148 Å². The molecule has 0 fully saturated rings. The van der Waals surface area contributed by atoms with Gasteiger partial charge in [0.1, 0.15) is 0 Å². The molecule has 1 aromatic carbocycles. The summed E-state index contributed by atoms with van der Waals surface area (Å²) in [7, 11) is 0. The Kier molecular flexibility index (Phi) is 4.15. The first kappa shape index (κ1) is 15.1. The van der Waals surface area contributed by atoms with Gasteiger partial charge in [0.2, 0.25) is 10.1 Å². The molecule has 24 heavy (non-hydrogen) atoms. The van der Waals surface area contributed by atoms with Gasteiger partial charge in [-0.25, -0.2) is 9.50 Å². The molecule has 0 unspecified atom stereocenters. The van der Waals surface area contributed by atoms with Crippen molar-refractivity contribution in [3.05, 3.63) is 65.6 Å². The minimum atomic E-state index is 0.719. The lowest BCUT2D eigenvalue weighted by atomic mass is 10.2. The molecule has 0 saturated heterocycles. The third-order valence-corrected chi connectivity index (χ3v) is 4.80. The Morgan fingerprint density at radius 1 is 1.08 bits per heavy atom. The van der Waals surface area contributed by atoms with Gasteiger partial charge in [0.15, 0.2) is 0 Å². The molecule has 120 valence electrons. The number of fused-ring (bicyclic) bond motifs is 1. The molecule has 0 atom stereocenters. The molecule has 0 aliphatic rings. The lowest BCUT2D eigenvalue weighted by molar-refractivity contribution is 0.951. The number of nitrogens with zero attached hydrogens (tertiary/aromatic N) is 4. The first-order chi connectivity index (χ1) is 11.8. The number of anilines is 1. The van der Waals surface area contributed by atoms with Gasteiger partial charge in [-0.1, -0.05) is 35.1 Å². The van der Waals surface area contributed by atoms with Gasteiger partial charge in [-0.3, -0.25) is 4.98 Å². The molecule has 3 aromatic heterocycles. The second-order valence-corrected chi connectivity index (χ2v) is 6.68. The van der Waals surface area contributed by atoms with Crippen molar-refractivity contribution < 1.29 is 0 Å². The number of hydrogen-bond donors (Lipinski definition) is 1. The lowest BCUT2D eigenvalue weighted by Crippen LogP contribution is -2.05. The van der Waals surface area contributed by atoms with Crippen LogP contribution in [0.4, 0.5) is 5.13 Å². The number of pyridine rings is 1. The highest BCUT2D eigenvalue weighted by atomic mass is 35.5. The lowest BCUT2D eigenvalue weighted by Gasteiger charge is -2.02. The van der Waals surface area contributed by atoms with Crippen molar-refractivity contribution in [1.82, 2.24) is 19.6 Å². The quantitative estimate of drug-likeness (QED) is 0.584. The van der Waals surface area contributed by atoms with E-state index in [4.69, 9.17) is 11.6 Å². The van der Waals surface area contributed by atoms with E-state index in [0.29, 0.717) is 0 Å². The number of rotatable bonds is 5. The number of halogens is 1. The van der Waals surface area contributed by atoms with Crippen LogP contribution in [0.1, 0.15) is 5.56 Å². The van der Waals surface area contributed by atoms with Crippen LogP contribution < -0.4 is 5.32 Å². The molecule has 0 amide bonds. The van der Waals surface area contributed by atoms with E-state index < -0.39 is 0 Å². The first-order valence-electron chi connectivity index (χ1n) is 7.53. The molecule has 5 nitrogen and oxygen atoms in total. The summed E-state index contributed by atoms with van der Waals surface area (Å²) in [6, 6.07) is 11.7. The summed E-state index contributed by atoms with van der Waals surface area (Å²) < 4.78 is 1.86. The van der Waals surface area contributed by atoms with Crippen LogP contribution in [0.15, 0.2) is 55.0 Å². The zero-order chi connectivity index (χ0) is 16.4. The van der Waals surface area contributed by atoms with Crippen LogP contribution in [-0.4, -0.2) is 26.1 Å². The second-order valence-electron chi connectivity index (χ2n) is 5.28. The van der Waals surface area contributed by atoms with Crippen LogP contribution in [0.25, 0.3) is 16.2 Å². The Morgan fingerprint density at radius 3 is 2.67 bits per heavy atom. The molecule has 0 saturated carbocycles. The maximum atomic E-state index is 5.95. The monoisotopic (exact) mass is 355 g/mol. The average molecular weight is 356 g/mol. The summed E-state index contributed by atoms with van der Waals surface area (Å²) >= 11 is 7.50. The Morgan fingerprint density at radius 2 is 1.88 bits per heavy atom. The third-order valence-electron chi connectivity index (χ3n) is 3.66. The Bertz CT molecular complexity index is 946. The SMILES string of the molecule is Clc1ccc(-c2cnc3sc(NCCc4ccncc4)nn23)cc1. The normalized spacial score (nSPS) is 11.0. The number of nitrogens with one attached hydrogen (secondary N) is 1. The summed E-state index contributed by atoms with van der Waals surface area (Å²) in [5.41, 5.74) is 3.25. The van der Waals surface area contributed by atoms with E-state index in [1.807, 2.05) is 59.5 Å². The average Bonchev–Trinajstić information content (AvgIpc) is 3.17. The predicted molar refractivity (Wildman–Crippen MR) is 97.7 cm³/mol.